The number of amides is 1. The molecule has 0 unspecified atom stereocenters. The molecule has 1 fully saturated rings. The van der Waals surface area contributed by atoms with Gasteiger partial charge in [0.05, 0.1) is 5.56 Å². The van der Waals surface area contributed by atoms with Crippen molar-refractivity contribution < 1.29 is 14.6 Å². The number of anilines is 1. The number of phenols is 1. The SMILES string of the molecule is O=C(c1ccccc1O)N1CC2(CCOCC2)c2cc(-c3cccnc3)ccc21. The summed E-state index contributed by atoms with van der Waals surface area (Å²) in [4.78, 5) is 19.4. The highest BCUT2D eigenvalue weighted by molar-refractivity contribution is 6.09. The molecule has 0 atom stereocenters. The molecule has 0 bridgehead atoms. The molecule has 2 aromatic carbocycles. The van der Waals surface area contributed by atoms with Crippen LogP contribution in [-0.4, -0.2) is 35.8 Å². The lowest BCUT2D eigenvalue weighted by molar-refractivity contribution is 0.0547. The van der Waals surface area contributed by atoms with Crippen LogP contribution in [-0.2, 0) is 10.2 Å². The number of aromatic nitrogens is 1. The second kappa shape index (κ2) is 7.01. The molecule has 3 heterocycles. The number of carbonyl (C=O) groups is 1. The normalized spacial score (nSPS) is 17.3. The Balaban J connectivity index is 1.61. The van der Waals surface area contributed by atoms with E-state index in [1.807, 2.05) is 35.4 Å². The van der Waals surface area contributed by atoms with Gasteiger partial charge in [0.25, 0.3) is 5.91 Å². The number of phenolic OH excluding ortho intramolecular Hbond substituents is 1. The number of ether oxygens (including phenoxy) is 1. The highest BCUT2D eigenvalue weighted by Crippen LogP contribution is 2.48. The van der Waals surface area contributed by atoms with Crippen molar-refractivity contribution in [2.45, 2.75) is 18.3 Å². The van der Waals surface area contributed by atoms with Gasteiger partial charge in [0, 0.05) is 43.3 Å². The smallest absolute Gasteiger partial charge is 0.262 e. The molecule has 5 rings (SSSR count). The van der Waals surface area contributed by atoms with Crippen molar-refractivity contribution in [2.24, 2.45) is 0 Å². The number of pyridine rings is 1. The first-order valence-electron chi connectivity index (χ1n) is 9.90. The molecule has 146 valence electrons. The lowest BCUT2D eigenvalue weighted by atomic mass is 9.75. The predicted molar refractivity (Wildman–Crippen MR) is 111 cm³/mol. The van der Waals surface area contributed by atoms with Crippen molar-refractivity contribution >= 4 is 11.6 Å². The quantitative estimate of drug-likeness (QED) is 0.718. The van der Waals surface area contributed by atoms with Gasteiger partial charge in [-0.15, -0.1) is 0 Å². The molecule has 1 aromatic heterocycles. The van der Waals surface area contributed by atoms with E-state index in [2.05, 4.69) is 11.1 Å². The number of nitrogens with zero attached hydrogens (tertiary/aromatic N) is 2. The van der Waals surface area contributed by atoms with E-state index in [4.69, 9.17) is 4.74 Å². The fraction of sp³-hybridized carbons (Fsp3) is 0.250. The number of rotatable bonds is 2. The number of hydrogen-bond donors (Lipinski definition) is 1. The second-order valence-corrected chi connectivity index (χ2v) is 7.77. The van der Waals surface area contributed by atoms with Crippen LogP contribution in [0.2, 0.25) is 0 Å². The van der Waals surface area contributed by atoms with Crippen molar-refractivity contribution in [2.75, 3.05) is 24.7 Å². The third-order valence-corrected chi connectivity index (χ3v) is 6.14. The lowest BCUT2D eigenvalue weighted by Gasteiger charge is -2.34. The molecule has 29 heavy (non-hydrogen) atoms. The standard InChI is InChI=1S/C24H22N2O3/c27-22-6-2-1-5-19(22)23(28)26-16-24(9-12-29-13-10-24)20-14-17(7-8-21(20)26)18-4-3-11-25-15-18/h1-8,11,14-15,27H,9-10,12-13,16H2. The Labute approximate surface area is 169 Å². The van der Waals surface area contributed by atoms with Crippen LogP contribution < -0.4 is 4.90 Å². The van der Waals surface area contributed by atoms with E-state index >= 15 is 0 Å². The van der Waals surface area contributed by atoms with Gasteiger partial charge in [-0.25, -0.2) is 0 Å². The van der Waals surface area contributed by atoms with Crippen LogP contribution in [0.5, 0.6) is 5.75 Å². The van der Waals surface area contributed by atoms with E-state index in [0.717, 1.165) is 29.7 Å². The van der Waals surface area contributed by atoms with Crippen molar-refractivity contribution in [3.8, 4) is 16.9 Å². The average Bonchev–Trinajstić information content (AvgIpc) is 3.08. The Hall–Kier alpha value is -3.18. The van der Waals surface area contributed by atoms with Crippen LogP contribution >= 0.6 is 0 Å². The molecule has 1 spiro atoms. The average molecular weight is 386 g/mol. The maximum absolute atomic E-state index is 13.3. The van der Waals surface area contributed by atoms with Gasteiger partial charge in [-0.3, -0.25) is 9.78 Å². The summed E-state index contributed by atoms with van der Waals surface area (Å²) in [5.41, 5.74) is 4.48. The molecular weight excluding hydrogens is 364 g/mol. The summed E-state index contributed by atoms with van der Waals surface area (Å²) in [6.07, 6.45) is 5.38. The number of carbonyl (C=O) groups excluding carboxylic acids is 1. The zero-order chi connectivity index (χ0) is 19.8. The van der Waals surface area contributed by atoms with E-state index < -0.39 is 0 Å². The summed E-state index contributed by atoms with van der Waals surface area (Å²) in [5, 5.41) is 10.2. The summed E-state index contributed by atoms with van der Waals surface area (Å²) in [6, 6.07) is 17.0. The van der Waals surface area contributed by atoms with Gasteiger partial charge in [-0.2, -0.15) is 0 Å². The van der Waals surface area contributed by atoms with Gasteiger partial charge >= 0.3 is 0 Å². The van der Waals surface area contributed by atoms with Gasteiger partial charge in [0.15, 0.2) is 0 Å². The predicted octanol–water partition coefficient (Wildman–Crippen LogP) is 4.16. The van der Waals surface area contributed by atoms with Crippen molar-refractivity contribution in [3.05, 3.63) is 78.1 Å². The number of benzene rings is 2. The Bertz CT molecular complexity index is 1060. The van der Waals surface area contributed by atoms with Gasteiger partial charge in [-0.05, 0) is 59.9 Å². The number of fused-ring (bicyclic) bond motifs is 2. The Kier molecular flexibility index (Phi) is 4.32. The van der Waals surface area contributed by atoms with E-state index in [1.54, 1.807) is 30.5 Å². The summed E-state index contributed by atoms with van der Waals surface area (Å²) < 4.78 is 5.63. The minimum atomic E-state index is -0.165. The molecule has 2 aliphatic rings. The fourth-order valence-electron chi connectivity index (χ4n) is 4.55. The zero-order valence-corrected chi connectivity index (χ0v) is 16.0. The first-order chi connectivity index (χ1) is 14.2. The molecular formula is C24H22N2O3. The van der Waals surface area contributed by atoms with Gasteiger partial charge in [0.1, 0.15) is 5.75 Å². The molecule has 5 nitrogen and oxygen atoms in total. The highest BCUT2D eigenvalue weighted by Gasteiger charge is 2.46. The Morgan fingerprint density at radius 1 is 1.03 bits per heavy atom. The monoisotopic (exact) mass is 386 g/mol. The first kappa shape index (κ1) is 17.9. The second-order valence-electron chi connectivity index (χ2n) is 7.77. The van der Waals surface area contributed by atoms with Crippen LogP contribution in [0.1, 0.15) is 28.8 Å². The molecule has 1 N–H and O–H groups in total. The third-order valence-electron chi connectivity index (χ3n) is 6.14. The summed E-state index contributed by atoms with van der Waals surface area (Å²) in [5.74, 6) is -0.152. The first-order valence-corrected chi connectivity index (χ1v) is 9.90. The van der Waals surface area contributed by atoms with Crippen molar-refractivity contribution in [3.63, 3.8) is 0 Å². The number of hydrogen-bond acceptors (Lipinski definition) is 4. The van der Waals surface area contributed by atoms with Crippen LogP contribution in [0.25, 0.3) is 11.1 Å². The fourth-order valence-corrected chi connectivity index (χ4v) is 4.55. The Morgan fingerprint density at radius 3 is 2.62 bits per heavy atom. The maximum Gasteiger partial charge on any atom is 0.262 e. The van der Waals surface area contributed by atoms with E-state index in [-0.39, 0.29) is 17.1 Å². The van der Waals surface area contributed by atoms with Gasteiger partial charge < -0.3 is 14.7 Å². The largest absolute Gasteiger partial charge is 0.507 e. The van der Waals surface area contributed by atoms with Crippen LogP contribution in [0, 0.1) is 0 Å². The molecule has 0 radical (unpaired) electrons. The summed E-state index contributed by atoms with van der Waals surface area (Å²) in [6.45, 7) is 1.99. The molecule has 1 saturated heterocycles. The van der Waals surface area contributed by atoms with Crippen molar-refractivity contribution in [1.82, 2.24) is 4.98 Å². The van der Waals surface area contributed by atoms with Crippen LogP contribution in [0.4, 0.5) is 5.69 Å². The molecule has 5 heteroatoms. The van der Waals surface area contributed by atoms with E-state index in [1.165, 1.54) is 5.56 Å². The highest BCUT2D eigenvalue weighted by atomic mass is 16.5. The summed E-state index contributed by atoms with van der Waals surface area (Å²) in [7, 11) is 0. The molecule has 0 aliphatic carbocycles. The maximum atomic E-state index is 13.3. The third kappa shape index (κ3) is 2.98. The summed E-state index contributed by atoms with van der Waals surface area (Å²) >= 11 is 0. The van der Waals surface area contributed by atoms with E-state index in [9.17, 15) is 9.90 Å². The molecule has 2 aliphatic heterocycles. The van der Waals surface area contributed by atoms with Gasteiger partial charge in [-0.1, -0.05) is 24.3 Å². The topological polar surface area (TPSA) is 62.7 Å². The van der Waals surface area contributed by atoms with Gasteiger partial charge in [0.2, 0.25) is 0 Å². The molecule has 0 saturated carbocycles. The minimum absolute atomic E-state index is 0.0129. The van der Waals surface area contributed by atoms with Crippen molar-refractivity contribution in [1.29, 1.82) is 0 Å². The van der Waals surface area contributed by atoms with Crippen LogP contribution in [0.15, 0.2) is 67.0 Å². The zero-order valence-electron chi connectivity index (χ0n) is 16.0. The lowest BCUT2D eigenvalue weighted by Crippen LogP contribution is -2.40. The number of para-hydroxylation sites is 1. The molecule has 1 amide bonds. The molecule has 3 aromatic rings. The van der Waals surface area contributed by atoms with Crippen LogP contribution in [0.3, 0.4) is 0 Å². The van der Waals surface area contributed by atoms with E-state index in [0.29, 0.717) is 25.3 Å². The minimum Gasteiger partial charge on any atom is -0.507 e. The number of aromatic hydroxyl groups is 1. The Morgan fingerprint density at radius 2 is 1.86 bits per heavy atom.